The number of anilines is 1. The molecule has 0 saturated carbocycles. The second-order valence-electron chi connectivity index (χ2n) is 5.07. The standard InChI is InChI=1S/C15H23BrN2OS/c1-12-11-18(6-8-20-12)14-4-3-13(15(16)9-14)10-17-5-7-19-2/h3-4,9,12,17H,5-8,10-11H2,1-2H3. The fourth-order valence-corrected chi connectivity index (χ4v) is 3.85. The van der Waals surface area contributed by atoms with Gasteiger partial charge in [0.15, 0.2) is 0 Å². The van der Waals surface area contributed by atoms with Crippen LogP contribution in [0.25, 0.3) is 0 Å². The van der Waals surface area contributed by atoms with E-state index in [0.717, 1.165) is 38.0 Å². The normalized spacial score (nSPS) is 19.4. The molecular formula is C15H23BrN2OS. The van der Waals surface area contributed by atoms with Gasteiger partial charge in [-0.15, -0.1) is 0 Å². The molecule has 0 radical (unpaired) electrons. The van der Waals surface area contributed by atoms with Gasteiger partial charge in [0.2, 0.25) is 0 Å². The van der Waals surface area contributed by atoms with E-state index in [1.54, 1.807) is 7.11 Å². The zero-order valence-corrected chi connectivity index (χ0v) is 14.6. The zero-order valence-electron chi connectivity index (χ0n) is 12.2. The molecule has 0 spiro atoms. The lowest BCUT2D eigenvalue weighted by atomic mass is 10.2. The monoisotopic (exact) mass is 358 g/mol. The minimum Gasteiger partial charge on any atom is -0.383 e. The first kappa shape index (κ1) is 16.1. The number of hydrogen-bond donors (Lipinski definition) is 1. The highest BCUT2D eigenvalue weighted by Gasteiger charge is 2.17. The molecule has 1 unspecified atom stereocenters. The average molecular weight is 359 g/mol. The molecule has 1 aromatic carbocycles. The molecule has 1 saturated heterocycles. The summed E-state index contributed by atoms with van der Waals surface area (Å²) in [5.74, 6) is 1.22. The highest BCUT2D eigenvalue weighted by Crippen LogP contribution is 2.28. The van der Waals surface area contributed by atoms with Crippen LogP contribution in [0.1, 0.15) is 12.5 Å². The molecule has 1 aliphatic heterocycles. The van der Waals surface area contributed by atoms with E-state index in [0.29, 0.717) is 0 Å². The van der Waals surface area contributed by atoms with Gasteiger partial charge in [0.05, 0.1) is 6.61 Å². The predicted octanol–water partition coefficient (Wildman–Crippen LogP) is 3.13. The summed E-state index contributed by atoms with van der Waals surface area (Å²) in [6.45, 7) is 7.09. The summed E-state index contributed by atoms with van der Waals surface area (Å²) in [5, 5.41) is 4.10. The Hall–Kier alpha value is -0.230. The summed E-state index contributed by atoms with van der Waals surface area (Å²) < 4.78 is 6.22. The lowest BCUT2D eigenvalue weighted by Crippen LogP contribution is -2.36. The largest absolute Gasteiger partial charge is 0.383 e. The summed E-state index contributed by atoms with van der Waals surface area (Å²) >= 11 is 5.76. The van der Waals surface area contributed by atoms with Crippen molar-refractivity contribution in [3.63, 3.8) is 0 Å². The highest BCUT2D eigenvalue weighted by molar-refractivity contribution is 9.10. The average Bonchev–Trinajstić information content (AvgIpc) is 2.45. The predicted molar refractivity (Wildman–Crippen MR) is 91.9 cm³/mol. The Morgan fingerprint density at radius 2 is 2.35 bits per heavy atom. The molecule has 1 aliphatic rings. The van der Waals surface area contributed by atoms with Crippen molar-refractivity contribution in [2.75, 3.05) is 44.0 Å². The van der Waals surface area contributed by atoms with Crippen molar-refractivity contribution in [1.82, 2.24) is 5.32 Å². The molecule has 1 N–H and O–H groups in total. The molecular weight excluding hydrogens is 336 g/mol. The summed E-state index contributed by atoms with van der Waals surface area (Å²) in [6, 6.07) is 6.70. The van der Waals surface area contributed by atoms with E-state index in [1.807, 2.05) is 0 Å². The van der Waals surface area contributed by atoms with Crippen LogP contribution < -0.4 is 10.2 Å². The summed E-state index contributed by atoms with van der Waals surface area (Å²) in [4.78, 5) is 2.48. The second kappa shape index (κ2) is 8.27. The molecule has 0 aromatic heterocycles. The summed E-state index contributed by atoms with van der Waals surface area (Å²) in [5.41, 5.74) is 2.62. The van der Waals surface area contributed by atoms with Gasteiger partial charge in [-0.2, -0.15) is 11.8 Å². The molecule has 3 nitrogen and oxygen atoms in total. The molecule has 1 fully saturated rings. The van der Waals surface area contributed by atoms with Crippen molar-refractivity contribution in [3.05, 3.63) is 28.2 Å². The number of nitrogens with zero attached hydrogens (tertiary/aromatic N) is 1. The number of benzene rings is 1. The maximum atomic E-state index is 5.04. The van der Waals surface area contributed by atoms with Crippen molar-refractivity contribution in [2.24, 2.45) is 0 Å². The molecule has 20 heavy (non-hydrogen) atoms. The molecule has 5 heteroatoms. The Kier molecular flexibility index (Phi) is 6.68. The van der Waals surface area contributed by atoms with Gasteiger partial charge in [0.25, 0.3) is 0 Å². The molecule has 2 rings (SSSR count). The quantitative estimate of drug-likeness (QED) is 0.789. The smallest absolute Gasteiger partial charge is 0.0587 e. The Morgan fingerprint density at radius 3 is 3.05 bits per heavy atom. The van der Waals surface area contributed by atoms with Crippen LogP contribution >= 0.6 is 27.7 Å². The maximum absolute atomic E-state index is 5.04. The van der Waals surface area contributed by atoms with Crippen LogP contribution in [0, 0.1) is 0 Å². The lowest BCUT2D eigenvalue weighted by molar-refractivity contribution is 0.199. The summed E-state index contributed by atoms with van der Waals surface area (Å²) in [7, 11) is 1.73. The highest BCUT2D eigenvalue weighted by atomic mass is 79.9. The van der Waals surface area contributed by atoms with Crippen LogP contribution in [0.4, 0.5) is 5.69 Å². The summed E-state index contributed by atoms with van der Waals surface area (Å²) in [6.07, 6.45) is 0. The van der Waals surface area contributed by atoms with Crippen molar-refractivity contribution in [2.45, 2.75) is 18.7 Å². The van der Waals surface area contributed by atoms with Gasteiger partial charge in [-0.25, -0.2) is 0 Å². The first-order chi connectivity index (χ1) is 9.70. The fraction of sp³-hybridized carbons (Fsp3) is 0.600. The number of ether oxygens (including phenoxy) is 1. The fourth-order valence-electron chi connectivity index (χ4n) is 2.33. The van der Waals surface area contributed by atoms with Crippen LogP contribution in [0.15, 0.2) is 22.7 Å². The molecule has 0 aliphatic carbocycles. The van der Waals surface area contributed by atoms with E-state index in [1.165, 1.54) is 21.5 Å². The topological polar surface area (TPSA) is 24.5 Å². The minimum atomic E-state index is 0.720. The van der Waals surface area contributed by atoms with Crippen molar-refractivity contribution >= 4 is 33.4 Å². The van der Waals surface area contributed by atoms with E-state index >= 15 is 0 Å². The molecule has 0 amide bonds. The van der Waals surface area contributed by atoms with Gasteiger partial charge in [-0.1, -0.05) is 28.9 Å². The minimum absolute atomic E-state index is 0.720. The Balaban J connectivity index is 1.94. The van der Waals surface area contributed by atoms with Crippen LogP contribution in [0.5, 0.6) is 0 Å². The third-order valence-corrected chi connectivity index (χ3v) is 5.32. The SMILES string of the molecule is COCCNCc1ccc(N2CCSC(C)C2)cc1Br. The van der Waals surface area contributed by atoms with E-state index in [-0.39, 0.29) is 0 Å². The number of thioether (sulfide) groups is 1. The third kappa shape index (κ3) is 4.65. The van der Waals surface area contributed by atoms with Crippen LogP contribution in [0.2, 0.25) is 0 Å². The van der Waals surface area contributed by atoms with Crippen LogP contribution in [-0.2, 0) is 11.3 Å². The molecule has 1 atom stereocenters. The van der Waals surface area contributed by atoms with E-state index in [2.05, 4.69) is 63.0 Å². The van der Waals surface area contributed by atoms with Gasteiger partial charge < -0.3 is 15.0 Å². The van der Waals surface area contributed by atoms with Crippen LogP contribution in [0.3, 0.4) is 0 Å². The van der Waals surface area contributed by atoms with Gasteiger partial charge in [0, 0.05) is 54.5 Å². The van der Waals surface area contributed by atoms with E-state index in [4.69, 9.17) is 4.74 Å². The van der Waals surface area contributed by atoms with Gasteiger partial charge >= 0.3 is 0 Å². The van der Waals surface area contributed by atoms with Gasteiger partial charge in [-0.05, 0) is 17.7 Å². The first-order valence-electron chi connectivity index (χ1n) is 7.05. The van der Waals surface area contributed by atoms with E-state index in [9.17, 15) is 0 Å². The zero-order chi connectivity index (χ0) is 14.4. The number of nitrogens with one attached hydrogen (secondary N) is 1. The number of halogens is 1. The molecule has 1 aromatic rings. The number of hydrogen-bond acceptors (Lipinski definition) is 4. The third-order valence-electron chi connectivity index (χ3n) is 3.44. The van der Waals surface area contributed by atoms with E-state index < -0.39 is 0 Å². The van der Waals surface area contributed by atoms with Crippen molar-refractivity contribution in [1.29, 1.82) is 0 Å². The number of methoxy groups -OCH3 is 1. The molecule has 112 valence electrons. The Morgan fingerprint density at radius 1 is 1.50 bits per heavy atom. The second-order valence-corrected chi connectivity index (χ2v) is 7.47. The van der Waals surface area contributed by atoms with Crippen LogP contribution in [-0.4, -0.2) is 44.4 Å². The number of rotatable bonds is 6. The van der Waals surface area contributed by atoms with Crippen molar-refractivity contribution in [3.8, 4) is 0 Å². The maximum Gasteiger partial charge on any atom is 0.0587 e. The van der Waals surface area contributed by atoms with Gasteiger partial charge in [0.1, 0.15) is 0 Å². The molecule has 0 bridgehead atoms. The lowest BCUT2D eigenvalue weighted by Gasteiger charge is -2.32. The Labute approximate surface area is 134 Å². The van der Waals surface area contributed by atoms with Crippen molar-refractivity contribution < 1.29 is 4.74 Å². The Bertz CT molecular complexity index is 430. The van der Waals surface area contributed by atoms with Gasteiger partial charge in [-0.3, -0.25) is 0 Å². The first-order valence-corrected chi connectivity index (χ1v) is 8.89. The molecule has 1 heterocycles.